The first-order valence-corrected chi connectivity index (χ1v) is 12.1. The van der Waals surface area contributed by atoms with Crippen LogP contribution in [0.4, 0.5) is 0 Å². The molecule has 1 N–H and O–H groups in total. The molecule has 4 aromatic rings. The van der Waals surface area contributed by atoms with Crippen LogP contribution in [-0.4, -0.2) is 29.2 Å². The summed E-state index contributed by atoms with van der Waals surface area (Å²) in [5.41, 5.74) is 4.57. The van der Waals surface area contributed by atoms with Gasteiger partial charge in [0.2, 0.25) is 0 Å². The zero-order valence-electron chi connectivity index (χ0n) is 20.3. The Bertz CT molecular complexity index is 1310. The minimum absolute atomic E-state index is 0.163. The number of methoxy groups -OCH3 is 1. The molecule has 0 aliphatic carbocycles. The highest BCUT2D eigenvalue weighted by Gasteiger charge is 2.13. The van der Waals surface area contributed by atoms with Gasteiger partial charge in [0, 0.05) is 17.1 Å². The SMILES string of the molecule is COc1cccc(C(=O)NCc2nc3ccccc3n2CCCCOc2cc(C)c(Cl)c(C)c2)c1. The van der Waals surface area contributed by atoms with Gasteiger partial charge in [-0.2, -0.15) is 0 Å². The van der Waals surface area contributed by atoms with E-state index in [1.165, 1.54) is 0 Å². The molecule has 6 nitrogen and oxygen atoms in total. The lowest BCUT2D eigenvalue weighted by atomic mass is 10.1. The number of aromatic nitrogens is 2. The number of aryl methyl sites for hydroxylation is 3. The summed E-state index contributed by atoms with van der Waals surface area (Å²) >= 11 is 6.25. The fraction of sp³-hybridized carbons (Fsp3) is 0.286. The number of benzene rings is 3. The zero-order chi connectivity index (χ0) is 24.8. The molecule has 35 heavy (non-hydrogen) atoms. The summed E-state index contributed by atoms with van der Waals surface area (Å²) in [4.78, 5) is 17.5. The molecule has 0 atom stereocenters. The van der Waals surface area contributed by atoms with Gasteiger partial charge in [-0.25, -0.2) is 4.98 Å². The summed E-state index contributed by atoms with van der Waals surface area (Å²) < 4.78 is 13.4. The van der Waals surface area contributed by atoms with Gasteiger partial charge in [0.25, 0.3) is 5.91 Å². The van der Waals surface area contributed by atoms with Crippen molar-refractivity contribution in [1.29, 1.82) is 0 Å². The van der Waals surface area contributed by atoms with Crippen LogP contribution in [0.5, 0.6) is 11.5 Å². The van der Waals surface area contributed by atoms with Crippen LogP contribution in [0.15, 0.2) is 60.7 Å². The summed E-state index contributed by atoms with van der Waals surface area (Å²) in [6, 6.07) is 19.1. The first-order chi connectivity index (χ1) is 17.0. The van der Waals surface area contributed by atoms with Gasteiger partial charge >= 0.3 is 0 Å². The summed E-state index contributed by atoms with van der Waals surface area (Å²) in [5, 5.41) is 3.78. The number of carbonyl (C=O) groups excluding carboxylic acids is 1. The minimum atomic E-state index is -0.163. The Hall–Kier alpha value is -3.51. The summed E-state index contributed by atoms with van der Waals surface area (Å²) in [6.07, 6.45) is 1.81. The summed E-state index contributed by atoms with van der Waals surface area (Å²) in [5.74, 6) is 2.16. The van der Waals surface area contributed by atoms with E-state index in [0.717, 1.165) is 58.1 Å². The van der Waals surface area contributed by atoms with E-state index in [0.29, 0.717) is 24.5 Å². The van der Waals surface area contributed by atoms with E-state index in [4.69, 9.17) is 26.1 Å². The van der Waals surface area contributed by atoms with Crippen LogP contribution in [-0.2, 0) is 13.1 Å². The van der Waals surface area contributed by atoms with Crippen LogP contribution in [0.3, 0.4) is 0 Å². The highest BCUT2D eigenvalue weighted by molar-refractivity contribution is 6.32. The highest BCUT2D eigenvalue weighted by Crippen LogP contribution is 2.26. The topological polar surface area (TPSA) is 65.4 Å². The molecule has 0 radical (unpaired) electrons. The molecule has 0 fully saturated rings. The molecule has 0 bridgehead atoms. The van der Waals surface area contributed by atoms with Gasteiger partial charge in [0.05, 0.1) is 31.3 Å². The number of ether oxygens (including phenoxy) is 2. The fourth-order valence-electron chi connectivity index (χ4n) is 4.09. The Kier molecular flexibility index (Phi) is 7.93. The molecule has 0 spiro atoms. The van der Waals surface area contributed by atoms with Gasteiger partial charge in [-0.1, -0.05) is 29.8 Å². The molecular formula is C28H30ClN3O3. The maximum Gasteiger partial charge on any atom is 0.251 e. The van der Waals surface area contributed by atoms with Gasteiger partial charge in [-0.05, 0) is 80.3 Å². The number of imidazole rings is 1. The summed E-state index contributed by atoms with van der Waals surface area (Å²) in [6.45, 7) is 5.72. The number of unbranched alkanes of at least 4 members (excludes halogenated alkanes) is 1. The van der Waals surface area contributed by atoms with Crippen molar-refractivity contribution in [2.45, 2.75) is 39.8 Å². The minimum Gasteiger partial charge on any atom is -0.497 e. The molecule has 0 unspecified atom stereocenters. The van der Waals surface area contributed by atoms with Crippen LogP contribution >= 0.6 is 11.6 Å². The average Bonchev–Trinajstić information content (AvgIpc) is 3.23. The van der Waals surface area contributed by atoms with Crippen LogP contribution in [0.25, 0.3) is 11.0 Å². The fourth-order valence-corrected chi connectivity index (χ4v) is 4.20. The molecule has 0 saturated heterocycles. The van der Waals surface area contributed by atoms with Gasteiger partial charge in [0.1, 0.15) is 17.3 Å². The number of nitrogens with one attached hydrogen (secondary N) is 1. The molecular weight excluding hydrogens is 462 g/mol. The third-order valence-electron chi connectivity index (χ3n) is 5.93. The third-order valence-corrected chi connectivity index (χ3v) is 6.52. The van der Waals surface area contributed by atoms with Gasteiger partial charge in [-0.15, -0.1) is 0 Å². The number of hydrogen-bond donors (Lipinski definition) is 1. The molecule has 182 valence electrons. The average molecular weight is 492 g/mol. The summed E-state index contributed by atoms with van der Waals surface area (Å²) in [7, 11) is 1.59. The molecule has 1 aromatic heterocycles. The van der Waals surface area contributed by atoms with E-state index in [1.807, 2.05) is 50.2 Å². The van der Waals surface area contributed by atoms with E-state index < -0.39 is 0 Å². The second-order valence-electron chi connectivity index (χ2n) is 8.51. The second kappa shape index (κ2) is 11.3. The van der Waals surface area contributed by atoms with Crippen molar-refractivity contribution in [3.05, 3.63) is 88.2 Å². The number of fused-ring (bicyclic) bond motifs is 1. The van der Waals surface area contributed by atoms with Crippen LogP contribution in [0.1, 0.15) is 40.2 Å². The van der Waals surface area contributed by atoms with E-state index in [-0.39, 0.29) is 5.91 Å². The van der Waals surface area contributed by atoms with E-state index in [9.17, 15) is 4.79 Å². The van der Waals surface area contributed by atoms with E-state index >= 15 is 0 Å². The first kappa shape index (κ1) is 24.6. The lowest BCUT2D eigenvalue weighted by molar-refractivity contribution is 0.0949. The molecule has 7 heteroatoms. The Morgan fingerprint density at radius 3 is 2.54 bits per heavy atom. The normalized spacial score (nSPS) is 11.0. The van der Waals surface area contributed by atoms with Crippen molar-refractivity contribution in [2.24, 2.45) is 0 Å². The Labute approximate surface area is 210 Å². The Morgan fingerprint density at radius 2 is 1.77 bits per heavy atom. The molecule has 0 aliphatic heterocycles. The number of amides is 1. The van der Waals surface area contributed by atoms with E-state index in [2.05, 4.69) is 16.0 Å². The Morgan fingerprint density at radius 1 is 1.00 bits per heavy atom. The molecule has 0 saturated carbocycles. The lowest BCUT2D eigenvalue weighted by Crippen LogP contribution is -2.24. The van der Waals surface area contributed by atoms with Crippen LogP contribution in [0, 0.1) is 13.8 Å². The van der Waals surface area contributed by atoms with Crippen molar-refractivity contribution < 1.29 is 14.3 Å². The van der Waals surface area contributed by atoms with Crippen LogP contribution in [0.2, 0.25) is 5.02 Å². The number of nitrogens with zero attached hydrogens (tertiary/aromatic N) is 2. The quantitative estimate of drug-likeness (QED) is 0.272. The first-order valence-electron chi connectivity index (χ1n) is 11.7. The van der Waals surface area contributed by atoms with Crippen molar-refractivity contribution in [1.82, 2.24) is 14.9 Å². The number of hydrogen-bond acceptors (Lipinski definition) is 4. The van der Waals surface area contributed by atoms with Crippen LogP contribution < -0.4 is 14.8 Å². The largest absolute Gasteiger partial charge is 0.497 e. The number of rotatable bonds is 10. The molecule has 1 amide bonds. The third kappa shape index (κ3) is 5.95. The number of carbonyl (C=O) groups is 1. The predicted octanol–water partition coefficient (Wildman–Crippen LogP) is 6.10. The lowest BCUT2D eigenvalue weighted by Gasteiger charge is -2.12. The molecule has 4 rings (SSSR count). The number of halogens is 1. The van der Waals surface area contributed by atoms with Gasteiger partial charge in [-0.3, -0.25) is 4.79 Å². The highest BCUT2D eigenvalue weighted by atomic mass is 35.5. The second-order valence-corrected chi connectivity index (χ2v) is 8.89. The standard InChI is InChI=1S/C28H30ClN3O3/c1-19-15-23(16-20(2)27(19)29)35-14-7-6-13-32-25-12-5-4-11-24(25)31-26(32)18-30-28(33)21-9-8-10-22(17-21)34-3/h4-5,8-12,15-17H,6-7,13-14,18H2,1-3H3,(H,30,33). The predicted molar refractivity (Wildman–Crippen MR) is 140 cm³/mol. The zero-order valence-corrected chi connectivity index (χ0v) is 21.1. The maximum absolute atomic E-state index is 12.7. The number of para-hydroxylation sites is 2. The van der Waals surface area contributed by atoms with Crippen molar-refractivity contribution in [2.75, 3.05) is 13.7 Å². The van der Waals surface area contributed by atoms with Crippen molar-refractivity contribution in [3.63, 3.8) is 0 Å². The van der Waals surface area contributed by atoms with Gasteiger partial charge < -0.3 is 19.4 Å². The monoisotopic (exact) mass is 491 g/mol. The van der Waals surface area contributed by atoms with Crippen molar-refractivity contribution >= 4 is 28.5 Å². The van der Waals surface area contributed by atoms with E-state index in [1.54, 1.807) is 25.3 Å². The molecule has 0 aliphatic rings. The van der Waals surface area contributed by atoms with Crippen molar-refractivity contribution in [3.8, 4) is 11.5 Å². The van der Waals surface area contributed by atoms with Gasteiger partial charge in [0.15, 0.2) is 0 Å². The smallest absolute Gasteiger partial charge is 0.251 e. The molecule has 3 aromatic carbocycles. The molecule has 1 heterocycles. The maximum atomic E-state index is 12.7. The Balaban J connectivity index is 1.38.